The molecule has 2 aromatic heterocycles. The molecule has 1 aromatic carbocycles. The highest BCUT2D eigenvalue weighted by Crippen LogP contribution is 2.36. The molecule has 1 aliphatic carbocycles. The van der Waals surface area contributed by atoms with Crippen molar-refractivity contribution in [1.82, 2.24) is 19.5 Å². The lowest BCUT2D eigenvalue weighted by Gasteiger charge is -2.34. The smallest absolute Gasteiger partial charge is 0.431 e. The zero-order chi connectivity index (χ0) is 24.9. The number of ether oxygens (including phenoxy) is 2. The highest BCUT2D eigenvalue weighted by atomic mass is 16.6. The van der Waals surface area contributed by atoms with Crippen LogP contribution in [0.3, 0.4) is 0 Å². The number of carbonyl (C=O) groups is 1. The number of anilines is 2. The highest BCUT2D eigenvalue weighted by molar-refractivity contribution is 5.93. The molecule has 190 valence electrons. The van der Waals surface area contributed by atoms with E-state index in [4.69, 9.17) is 19.4 Å². The Kier molecular flexibility index (Phi) is 5.84. The summed E-state index contributed by atoms with van der Waals surface area (Å²) in [7, 11) is 0. The molecule has 1 saturated heterocycles. The number of imidazole rings is 1. The molecule has 9 nitrogen and oxygen atoms in total. The summed E-state index contributed by atoms with van der Waals surface area (Å²) in [6, 6.07) is 10.3. The number of rotatable bonds is 5. The lowest BCUT2D eigenvalue weighted by Crippen LogP contribution is -2.47. The Labute approximate surface area is 211 Å². The van der Waals surface area contributed by atoms with Gasteiger partial charge in [0, 0.05) is 38.8 Å². The molecule has 2 aliphatic heterocycles. The SMILES string of the molecule is CC(C)(C)OC(=O)N(c1cc(N2CCOCC2)c2ncn(CC3CC3)c2n1)N1Cc2ccccc2C1. The summed E-state index contributed by atoms with van der Waals surface area (Å²) in [5, 5.41) is 3.65. The number of benzene rings is 1. The number of nitrogens with zero attached hydrogens (tertiary/aromatic N) is 6. The van der Waals surface area contributed by atoms with Gasteiger partial charge in [-0.3, -0.25) is 0 Å². The predicted molar refractivity (Wildman–Crippen MR) is 138 cm³/mol. The minimum absolute atomic E-state index is 0.427. The third-order valence-electron chi connectivity index (χ3n) is 6.93. The zero-order valence-corrected chi connectivity index (χ0v) is 21.3. The van der Waals surface area contributed by atoms with E-state index in [2.05, 4.69) is 21.6 Å². The summed E-state index contributed by atoms with van der Waals surface area (Å²) in [6.45, 7) is 10.7. The molecule has 0 spiro atoms. The summed E-state index contributed by atoms with van der Waals surface area (Å²) in [5.41, 5.74) is 4.45. The summed E-state index contributed by atoms with van der Waals surface area (Å²) >= 11 is 0. The van der Waals surface area contributed by atoms with Crippen molar-refractivity contribution in [2.75, 3.05) is 36.2 Å². The topological polar surface area (TPSA) is 76.0 Å². The molecule has 3 aliphatic rings. The van der Waals surface area contributed by atoms with Gasteiger partial charge in [0.1, 0.15) is 11.1 Å². The average Bonchev–Trinajstić information content (AvgIpc) is 3.42. The van der Waals surface area contributed by atoms with Crippen LogP contribution in [0.25, 0.3) is 11.2 Å². The van der Waals surface area contributed by atoms with Crippen LogP contribution in [0, 0.1) is 5.92 Å². The Bertz CT molecular complexity index is 1250. The number of hydrazine groups is 1. The van der Waals surface area contributed by atoms with E-state index in [1.165, 1.54) is 24.0 Å². The fourth-order valence-corrected chi connectivity index (χ4v) is 4.99. The number of amides is 1. The molecule has 1 amide bonds. The van der Waals surface area contributed by atoms with Crippen molar-refractivity contribution < 1.29 is 14.3 Å². The van der Waals surface area contributed by atoms with E-state index >= 15 is 0 Å². The standard InChI is InChI=1S/C27H34N6O3/c1-27(2,3)36-26(34)33(32-16-20-6-4-5-7-21(20)17-32)23-14-22(30-10-12-35-13-11-30)24-25(29-23)31(18-28-24)15-19-8-9-19/h4-7,14,18-19H,8-13,15-17H2,1-3H3. The molecule has 3 aromatic rings. The number of fused-ring (bicyclic) bond motifs is 2. The Morgan fingerprint density at radius 1 is 1.14 bits per heavy atom. The van der Waals surface area contributed by atoms with Crippen LogP contribution in [-0.2, 0) is 29.1 Å². The first-order chi connectivity index (χ1) is 17.4. The van der Waals surface area contributed by atoms with E-state index in [1.807, 2.05) is 50.3 Å². The van der Waals surface area contributed by atoms with Crippen LogP contribution < -0.4 is 9.91 Å². The molecule has 9 heteroatoms. The molecule has 1 saturated carbocycles. The maximum Gasteiger partial charge on any atom is 0.431 e. The third-order valence-corrected chi connectivity index (χ3v) is 6.93. The van der Waals surface area contributed by atoms with Crippen molar-refractivity contribution in [3.8, 4) is 0 Å². The van der Waals surface area contributed by atoms with E-state index in [-0.39, 0.29) is 0 Å². The van der Waals surface area contributed by atoms with Crippen molar-refractivity contribution in [3.63, 3.8) is 0 Å². The van der Waals surface area contributed by atoms with Crippen LogP contribution in [-0.4, -0.2) is 57.5 Å². The monoisotopic (exact) mass is 490 g/mol. The number of carbonyl (C=O) groups excluding carboxylic acids is 1. The maximum atomic E-state index is 13.7. The molecule has 0 bridgehead atoms. The van der Waals surface area contributed by atoms with E-state index in [1.54, 1.807) is 5.01 Å². The molecular weight excluding hydrogens is 456 g/mol. The third kappa shape index (κ3) is 4.65. The molecule has 2 fully saturated rings. The Morgan fingerprint density at radius 3 is 2.47 bits per heavy atom. The molecular formula is C27H34N6O3. The molecule has 0 atom stereocenters. The summed E-state index contributed by atoms with van der Waals surface area (Å²) < 4.78 is 13.7. The van der Waals surface area contributed by atoms with Gasteiger partial charge in [-0.05, 0) is 50.7 Å². The summed E-state index contributed by atoms with van der Waals surface area (Å²) in [4.78, 5) is 25.8. The molecule has 0 unspecified atom stereocenters. The van der Waals surface area contributed by atoms with Gasteiger partial charge in [0.05, 0.1) is 25.2 Å². The Morgan fingerprint density at radius 2 is 1.83 bits per heavy atom. The second-order valence-electron chi connectivity index (χ2n) is 11.0. The molecule has 0 radical (unpaired) electrons. The first-order valence-electron chi connectivity index (χ1n) is 12.9. The van der Waals surface area contributed by atoms with Crippen LogP contribution in [0.5, 0.6) is 0 Å². The molecule has 36 heavy (non-hydrogen) atoms. The second-order valence-corrected chi connectivity index (χ2v) is 11.0. The van der Waals surface area contributed by atoms with Crippen LogP contribution in [0.1, 0.15) is 44.7 Å². The van der Waals surface area contributed by atoms with Crippen molar-refractivity contribution in [2.45, 2.75) is 58.8 Å². The fraction of sp³-hybridized carbons (Fsp3) is 0.519. The maximum absolute atomic E-state index is 13.7. The Hall–Kier alpha value is -3.17. The predicted octanol–water partition coefficient (Wildman–Crippen LogP) is 4.35. The van der Waals surface area contributed by atoms with E-state index in [9.17, 15) is 4.79 Å². The highest BCUT2D eigenvalue weighted by Gasteiger charge is 2.35. The quantitative estimate of drug-likeness (QED) is 0.526. The van der Waals surface area contributed by atoms with Crippen molar-refractivity contribution >= 4 is 28.8 Å². The number of hydrogen-bond acceptors (Lipinski definition) is 7. The van der Waals surface area contributed by atoms with Crippen molar-refractivity contribution in [2.24, 2.45) is 5.92 Å². The van der Waals surface area contributed by atoms with Gasteiger partial charge in [-0.2, -0.15) is 5.01 Å². The lowest BCUT2D eigenvalue weighted by molar-refractivity contribution is 0.0455. The normalized spacial score (nSPS) is 18.5. The van der Waals surface area contributed by atoms with Crippen LogP contribution in [0.2, 0.25) is 0 Å². The van der Waals surface area contributed by atoms with Crippen LogP contribution in [0.15, 0.2) is 36.7 Å². The number of morpholine rings is 1. The molecule has 6 rings (SSSR count). The minimum atomic E-state index is -0.632. The van der Waals surface area contributed by atoms with Crippen molar-refractivity contribution in [3.05, 3.63) is 47.8 Å². The largest absolute Gasteiger partial charge is 0.442 e. The van der Waals surface area contributed by atoms with Gasteiger partial charge in [0.2, 0.25) is 0 Å². The van der Waals surface area contributed by atoms with Crippen molar-refractivity contribution in [1.29, 1.82) is 0 Å². The second kappa shape index (κ2) is 9.05. The fourth-order valence-electron chi connectivity index (χ4n) is 4.99. The first kappa shape index (κ1) is 23.2. The zero-order valence-electron chi connectivity index (χ0n) is 21.3. The van der Waals surface area contributed by atoms with E-state index in [0.29, 0.717) is 38.0 Å². The van der Waals surface area contributed by atoms with Gasteiger partial charge in [-0.25, -0.2) is 19.8 Å². The van der Waals surface area contributed by atoms with Gasteiger partial charge in [-0.1, -0.05) is 24.3 Å². The van der Waals surface area contributed by atoms with Gasteiger partial charge in [0.15, 0.2) is 11.5 Å². The van der Waals surface area contributed by atoms with Gasteiger partial charge in [-0.15, -0.1) is 0 Å². The average molecular weight is 491 g/mol. The number of aromatic nitrogens is 3. The van der Waals surface area contributed by atoms with Crippen LogP contribution in [0.4, 0.5) is 16.3 Å². The van der Waals surface area contributed by atoms with E-state index < -0.39 is 11.7 Å². The van der Waals surface area contributed by atoms with Gasteiger partial charge < -0.3 is 18.9 Å². The lowest BCUT2D eigenvalue weighted by atomic mass is 10.1. The van der Waals surface area contributed by atoms with Gasteiger partial charge >= 0.3 is 6.09 Å². The molecule has 0 N–H and O–H groups in total. The first-order valence-corrected chi connectivity index (χ1v) is 12.9. The summed E-state index contributed by atoms with van der Waals surface area (Å²) in [6.07, 6.45) is 3.95. The van der Waals surface area contributed by atoms with E-state index in [0.717, 1.165) is 36.5 Å². The van der Waals surface area contributed by atoms with Gasteiger partial charge in [0.25, 0.3) is 0 Å². The minimum Gasteiger partial charge on any atom is -0.442 e. The number of pyridine rings is 1. The Balaban J connectivity index is 1.45. The number of hydrogen-bond donors (Lipinski definition) is 0. The van der Waals surface area contributed by atoms with Crippen LogP contribution >= 0.6 is 0 Å². The summed E-state index contributed by atoms with van der Waals surface area (Å²) in [5.74, 6) is 1.23. The molecule has 4 heterocycles.